The molecule has 0 bridgehead atoms. The molecule has 3 rings (SSSR count). The summed E-state index contributed by atoms with van der Waals surface area (Å²) in [7, 11) is 0. The zero-order valence-electron chi connectivity index (χ0n) is 13.9. The van der Waals surface area contributed by atoms with Crippen molar-refractivity contribution in [2.45, 2.75) is 26.2 Å². The minimum atomic E-state index is -0.641. The minimum absolute atomic E-state index is 0.00593. The average Bonchev–Trinajstić information content (AvgIpc) is 2.53. The SMILES string of the molecule is CC(C)(C)c1ccc(NC(=O)c2cc3ccccc3oc2=O)cc1. The van der Waals surface area contributed by atoms with Crippen LogP contribution in [0.4, 0.5) is 5.69 Å². The summed E-state index contributed by atoms with van der Waals surface area (Å²) in [4.78, 5) is 24.4. The van der Waals surface area contributed by atoms with Gasteiger partial charge in [-0.05, 0) is 35.2 Å². The van der Waals surface area contributed by atoms with Crippen LogP contribution in [0.5, 0.6) is 0 Å². The van der Waals surface area contributed by atoms with E-state index >= 15 is 0 Å². The third-order valence-electron chi connectivity index (χ3n) is 3.89. The molecule has 1 N–H and O–H groups in total. The van der Waals surface area contributed by atoms with Gasteiger partial charge in [-0.3, -0.25) is 4.79 Å². The fourth-order valence-electron chi connectivity index (χ4n) is 2.47. The molecule has 1 heterocycles. The van der Waals surface area contributed by atoms with Crippen LogP contribution in [0.1, 0.15) is 36.7 Å². The Labute approximate surface area is 140 Å². The molecule has 1 aromatic heterocycles. The van der Waals surface area contributed by atoms with Crippen LogP contribution in [0.3, 0.4) is 0 Å². The number of carbonyl (C=O) groups is 1. The van der Waals surface area contributed by atoms with E-state index in [1.54, 1.807) is 24.3 Å². The van der Waals surface area contributed by atoms with Gasteiger partial charge in [0, 0.05) is 11.1 Å². The Balaban J connectivity index is 1.87. The van der Waals surface area contributed by atoms with Gasteiger partial charge in [0.25, 0.3) is 5.91 Å². The third-order valence-corrected chi connectivity index (χ3v) is 3.89. The molecule has 0 unspecified atom stereocenters. The molecule has 3 aromatic rings. The van der Waals surface area contributed by atoms with Crippen molar-refractivity contribution < 1.29 is 9.21 Å². The van der Waals surface area contributed by atoms with Crippen LogP contribution in [-0.2, 0) is 5.41 Å². The predicted molar refractivity (Wildman–Crippen MR) is 95.6 cm³/mol. The number of fused-ring (bicyclic) bond motifs is 1. The number of nitrogens with one attached hydrogen (secondary N) is 1. The fourth-order valence-corrected chi connectivity index (χ4v) is 2.47. The van der Waals surface area contributed by atoms with Crippen LogP contribution in [0.15, 0.2) is 63.8 Å². The molecule has 1 amide bonds. The Bertz CT molecular complexity index is 947. The molecule has 0 spiro atoms. The quantitative estimate of drug-likeness (QED) is 0.714. The van der Waals surface area contributed by atoms with Gasteiger partial charge in [-0.1, -0.05) is 51.1 Å². The van der Waals surface area contributed by atoms with Gasteiger partial charge in [0.15, 0.2) is 0 Å². The molecule has 2 aromatic carbocycles. The molecule has 0 aliphatic rings. The van der Waals surface area contributed by atoms with E-state index in [0.717, 1.165) is 0 Å². The summed E-state index contributed by atoms with van der Waals surface area (Å²) >= 11 is 0. The van der Waals surface area contributed by atoms with Gasteiger partial charge in [0.2, 0.25) is 0 Å². The highest BCUT2D eigenvalue weighted by Gasteiger charge is 2.15. The first-order valence-corrected chi connectivity index (χ1v) is 7.79. The van der Waals surface area contributed by atoms with Crippen LogP contribution in [0.25, 0.3) is 11.0 Å². The number of benzene rings is 2. The van der Waals surface area contributed by atoms with Gasteiger partial charge in [-0.15, -0.1) is 0 Å². The van der Waals surface area contributed by atoms with Crippen LogP contribution in [0.2, 0.25) is 0 Å². The second kappa shape index (κ2) is 5.96. The summed E-state index contributed by atoms with van der Waals surface area (Å²) in [5, 5.41) is 3.46. The van der Waals surface area contributed by atoms with Crippen LogP contribution in [-0.4, -0.2) is 5.91 Å². The van der Waals surface area contributed by atoms with Crippen molar-refractivity contribution in [3.63, 3.8) is 0 Å². The van der Waals surface area contributed by atoms with E-state index in [9.17, 15) is 9.59 Å². The minimum Gasteiger partial charge on any atom is -0.422 e. The molecule has 122 valence electrons. The van der Waals surface area contributed by atoms with Crippen molar-refractivity contribution in [2.75, 3.05) is 5.32 Å². The molecule has 0 aliphatic heterocycles. The molecule has 24 heavy (non-hydrogen) atoms. The van der Waals surface area contributed by atoms with Crippen molar-refractivity contribution in [1.82, 2.24) is 0 Å². The van der Waals surface area contributed by atoms with Crippen molar-refractivity contribution in [1.29, 1.82) is 0 Å². The Morgan fingerprint density at radius 2 is 1.67 bits per heavy atom. The summed E-state index contributed by atoms with van der Waals surface area (Å²) in [6.45, 7) is 6.38. The number of para-hydroxylation sites is 1. The highest BCUT2D eigenvalue weighted by atomic mass is 16.4. The van der Waals surface area contributed by atoms with E-state index in [1.807, 2.05) is 30.3 Å². The number of hydrogen-bond acceptors (Lipinski definition) is 3. The van der Waals surface area contributed by atoms with E-state index in [1.165, 1.54) is 5.56 Å². The summed E-state index contributed by atoms with van der Waals surface area (Å²) in [5.74, 6) is -0.474. The standard InChI is InChI=1S/C20H19NO3/c1-20(2,3)14-8-10-15(11-9-14)21-18(22)16-12-13-6-4-5-7-17(13)24-19(16)23/h4-12H,1-3H3,(H,21,22). The smallest absolute Gasteiger partial charge is 0.349 e. The lowest BCUT2D eigenvalue weighted by molar-refractivity contribution is 0.102. The maximum absolute atomic E-state index is 12.4. The fraction of sp³-hybridized carbons (Fsp3) is 0.200. The number of rotatable bonds is 2. The van der Waals surface area contributed by atoms with E-state index in [2.05, 4.69) is 26.1 Å². The number of carbonyl (C=O) groups excluding carboxylic acids is 1. The second-order valence-electron chi connectivity index (χ2n) is 6.77. The second-order valence-corrected chi connectivity index (χ2v) is 6.77. The predicted octanol–water partition coefficient (Wildman–Crippen LogP) is 4.34. The maximum atomic E-state index is 12.4. The summed E-state index contributed by atoms with van der Waals surface area (Å²) in [6, 6.07) is 16.3. The first kappa shape index (κ1) is 16.0. The first-order chi connectivity index (χ1) is 11.3. The maximum Gasteiger partial charge on any atom is 0.349 e. The number of amides is 1. The number of anilines is 1. The summed E-state index contributed by atoms with van der Waals surface area (Å²) in [5.41, 5.74) is 1.67. The van der Waals surface area contributed by atoms with Gasteiger partial charge < -0.3 is 9.73 Å². The lowest BCUT2D eigenvalue weighted by Gasteiger charge is -2.19. The largest absolute Gasteiger partial charge is 0.422 e. The normalized spacial score (nSPS) is 11.5. The summed E-state index contributed by atoms with van der Waals surface area (Å²) < 4.78 is 5.20. The molecular formula is C20H19NO3. The molecule has 0 radical (unpaired) electrons. The van der Waals surface area contributed by atoms with Crippen molar-refractivity contribution >= 4 is 22.6 Å². The number of hydrogen-bond donors (Lipinski definition) is 1. The lowest BCUT2D eigenvalue weighted by atomic mass is 9.87. The molecule has 0 fully saturated rings. The molecule has 0 saturated heterocycles. The highest BCUT2D eigenvalue weighted by Crippen LogP contribution is 2.23. The Kier molecular flexibility index (Phi) is 3.97. The van der Waals surface area contributed by atoms with Crippen molar-refractivity contribution in [3.05, 3.63) is 76.1 Å². The highest BCUT2D eigenvalue weighted by molar-refractivity contribution is 6.05. The Morgan fingerprint density at radius 1 is 1.00 bits per heavy atom. The van der Waals surface area contributed by atoms with E-state index in [4.69, 9.17) is 4.42 Å². The molecule has 4 heteroatoms. The van der Waals surface area contributed by atoms with Gasteiger partial charge >= 0.3 is 5.63 Å². The first-order valence-electron chi connectivity index (χ1n) is 7.79. The molecule has 0 saturated carbocycles. The van der Waals surface area contributed by atoms with Gasteiger partial charge in [-0.2, -0.15) is 0 Å². The molecule has 4 nitrogen and oxygen atoms in total. The molecular weight excluding hydrogens is 302 g/mol. The Morgan fingerprint density at radius 3 is 2.33 bits per heavy atom. The van der Waals surface area contributed by atoms with Crippen LogP contribution in [0, 0.1) is 0 Å². The van der Waals surface area contributed by atoms with E-state index in [-0.39, 0.29) is 11.0 Å². The Hall–Kier alpha value is -2.88. The van der Waals surface area contributed by atoms with Gasteiger partial charge in [-0.25, -0.2) is 4.79 Å². The van der Waals surface area contributed by atoms with Crippen molar-refractivity contribution in [3.8, 4) is 0 Å². The molecule has 0 aliphatic carbocycles. The monoisotopic (exact) mass is 321 g/mol. The average molecular weight is 321 g/mol. The van der Waals surface area contributed by atoms with Crippen molar-refractivity contribution in [2.24, 2.45) is 0 Å². The third kappa shape index (κ3) is 3.23. The zero-order valence-corrected chi connectivity index (χ0v) is 13.9. The zero-order chi connectivity index (χ0) is 17.3. The van der Waals surface area contributed by atoms with E-state index < -0.39 is 11.5 Å². The lowest BCUT2D eigenvalue weighted by Crippen LogP contribution is -2.20. The van der Waals surface area contributed by atoms with E-state index in [0.29, 0.717) is 16.7 Å². The van der Waals surface area contributed by atoms with Gasteiger partial charge in [0.05, 0.1) is 0 Å². The topological polar surface area (TPSA) is 59.3 Å². The van der Waals surface area contributed by atoms with Crippen LogP contribution >= 0.6 is 0 Å². The summed E-state index contributed by atoms with van der Waals surface area (Å²) in [6.07, 6.45) is 0. The molecule has 0 atom stereocenters. The van der Waals surface area contributed by atoms with Gasteiger partial charge in [0.1, 0.15) is 11.1 Å². The van der Waals surface area contributed by atoms with Crippen LogP contribution < -0.4 is 10.9 Å².